The van der Waals surface area contributed by atoms with Crippen LogP contribution in [0.2, 0.25) is 0 Å². The van der Waals surface area contributed by atoms with E-state index in [4.69, 9.17) is 0 Å². The monoisotopic (exact) mass is 346 g/mol. The lowest BCUT2D eigenvalue weighted by molar-refractivity contribution is 0.103. The topological polar surface area (TPSA) is 34.0 Å². The summed E-state index contributed by atoms with van der Waals surface area (Å²) in [5, 5.41) is 8.77. The van der Waals surface area contributed by atoms with Crippen LogP contribution in [0.3, 0.4) is 0 Å². The van der Waals surface area contributed by atoms with Gasteiger partial charge >= 0.3 is 0 Å². The van der Waals surface area contributed by atoms with Crippen molar-refractivity contribution in [3.63, 3.8) is 0 Å². The van der Waals surface area contributed by atoms with Crippen molar-refractivity contribution in [1.29, 1.82) is 0 Å². The van der Waals surface area contributed by atoms with Crippen molar-refractivity contribution in [2.24, 2.45) is 7.05 Å². The van der Waals surface area contributed by atoms with Crippen LogP contribution in [0, 0.1) is 0 Å². The number of nitrogens with zero attached hydrogens (tertiary/aromatic N) is 4. The second-order valence-electron chi connectivity index (χ2n) is 8.07. The van der Waals surface area contributed by atoms with Crippen molar-refractivity contribution >= 4 is 11.0 Å². The molecule has 0 unspecified atom stereocenters. The first-order valence-electron chi connectivity index (χ1n) is 9.84. The molecule has 26 heavy (non-hydrogen) atoms. The van der Waals surface area contributed by atoms with E-state index >= 15 is 0 Å². The van der Waals surface area contributed by atoms with Crippen LogP contribution in [0.25, 0.3) is 22.2 Å². The Hall–Kier alpha value is -2.20. The van der Waals surface area contributed by atoms with E-state index < -0.39 is 0 Å². The van der Waals surface area contributed by atoms with Crippen LogP contribution in [-0.2, 0) is 7.05 Å². The zero-order chi connectivity index (χ0) is 17.7. The molecule has 2 fully saturated rings. The normalized spacial score (nSPS) is 26.3. The smallest absolute Gasteiger partial charge is 0.113 e. The number of rotatable bonds is 3. The molecule has 4 nitrogen and oxygen atoms in total. The molecule has 2 aromatic carbocycles. The predicted octanol–water partition coefficient (Wildman–Crippen LogP) is 4.37. The summed E-state index contributed by atoms with van der Waals surface area (Å²) in [7, 11) is 1.86. The Morgan fingerprint density at radius 1 is 0.923 bits per heavy atom. The maximum atomic E-state index is 4.42. The predicted molar refractivity (Wildman–Crippen MR) is 105 cm³/mol. The van der Waals surface area contributed by atoms with Crippen LogP contribution in [-0.4, -0.2) is 38.5 Å². The molecular weight excluding hydrogens is 320 g/mol. The molecule has 4 heteroatoms. The molecule has 1 aliphatic heterocycles. The summed E-state index contributed by atoms with van der Waals surface area (Å²) < 4.78 is 0. The van der Waals surface area contributed by atoms with E-state index in [-0.39, 0.29) is 0 Å². The molecule has 134 valence electrons. The molecule has 0 bridgehead atoms. The van der Waals surface area contributed by atoms with E-state index in [0.29, 0.717) is 0 Å². The lowest BCUT2D eigenvalue weighted by Gasteiger charge is -2.43. The van der Waals surface area contributed by atoms with Crippen LogP contribution in [0.4, 0.5) is 0 Å². The molecule has 0 spiro atoms. The van der Waals surface area contributed by atoms with E-state index in [2.05, 4.69) is 64.5 Å². The van der Waals surface area contributed by atoms with Gasteiger partial charge in [-0.2, -0.15) is 15.0 Å². The largest absolute Gasteiger partial charge is 0.298 e. The van der Waals surface area contributed by atoms with Crippen LogP contribution < -0.4 is 0 Å². The Morgan fingerprint density at radius 2 is 1.65 bits per heavy atom. The summed E-state index contributed by atoms with van der Waals surface area (Å²) >= 11 is 0. The Kier molecular flexibility index (Phi) is 3.82. The van der Waals surface area contributed by atoms with Crippen LogP contribution in [0.15, 0.2) is 42.5 Å². The highest BCUT2D eigenvalue weighted by molar-refractivity contribution is 5.81. The zero-order valence-electron chi connectivity index (χ0n) is 15.6. The average Bonchev–Trinajstić information content (AvgIpc) is 3.18. The fourth-order valence-corrected chi connectivity index (χ4v) is 4.78. The Labute approximate surface area is 154 Å². The van der Waals surface area contributed by atoms with Gasteiger partial charge in [-0.1, -0.05) is 30.3 Å². The Balaban J connectivity index is 1.30. The summed E-state index contributed by atoms with van der Waals surface area (Å²) in [4.78, 5) is 4.37. The molecule has 3 aromatic rings. The number of hydrogen-bond acceptors (Lipinski definition) is 3. The van der Waals surface area contributed by atoms with Gasteiger partial charge in [-0.05, 0) is 73.9 Å². The van der Waals surface area contributed by atoms with Crippen molar-refractivity contribution in [2.45, 2.75) is 50.6 Å². The van der Waals surface area contributed by atoms with Crippen molar-refractivity contribution in [3.8, 4) is 11.1 Å². The van der Waals surface area contributed by atoms with Gasteiger partial charge in [0.1, 0.15) is 11.0 Å². The van der Waals surface area contributed by atoms with Gasteiger partial charge in [0.2, 0.25) is 0 Å². The molecule has 0 radical (unpaired) electrons. The van der Waals surface area contributed by atoms with Crippen molar-refractivity contribution in [1.82, 2.24) is 19.9 Å². The number of likely N-dealkylation sites (tertiary alicyclic amines) is 1. The first-order chi connectivity index (χ1) is 12.7. The molecule has 1 aromatic heterocycles. The molecule has 1 saturated carbocycles. The fraction of sp³-hybridized carbons (Fsp3) is 0.455. The molecular formula is C22H26N4. The van der Waals surface area contributed by atoms with E-state index in [1.807, 2.05) is 7.05 Å². The third kappa shape index (κ3) is 2.73. The average molecular weight is 346 g/mol. The van der Waals surface area contributed by atoms with E-state index in [9.17, 15) is 0 Å². The van der Waals surface area contributed by atoms with E-state index in [1.54, 1.807) is 4.80 Å². The lowest BCUT2D eigenvalue weighted by Crippen LogP contribution is -2.45. The molecule has 2 aliphatic rings. The minimum absolute atomic E-state index is 0.740. The number of hydrogen-bond donors (Lipinski definition) is 0. The second-order valence-corrected chi connectivity index (χ2v) is 8.07. The summed E-state index contributed by atoms with van der Waals surface area (Å²) in [5.74, 6) is 0.740. The fourth-order valence-electron chi connectivity index (χ4n) is 4.78. The van der Waals surface area contributed by atoms with Crippen molar-refractivity contribution < 1.29 is 0 Å². The first kappa shape index (κ1) is 16.0. The molecule has 0 N–H and O–H groups in total. The molecule has 2 heterocycles. The molecule has 1 atom stereocenters. The third-order valence-corrected chi connectivity index (χ3v) is 6.38. The van der Waals surface area contributed by atoms with Gasteiger partial charge in [0.25, 0.3) is 0 Å². The van der Waals surface area contributed by atoms with Crippen LogP contribution >= 0.6 is 0 Å². The maximum absolute atomic E-state index is 4.42. The van der Waals surface area contributed by atoms with E-state index in [0.717, 1.165) is 29.0 Å². The van der Waals surface area contributed by atoms with Crippen molar-refractivity contribution in [2.75, 3.05) is 6.54 Å². The highest BCUT2D eigenvalue weighted by atomic mass is 15.4. The summed E-state index contributed by atoms with van der Waals surface area (Å²) in [6, 6.07) is 17.1. The summed E-state index contributed by atoms with van der Waals surface area (Å²) in [5.41, 5.74) is 5.87. The highest BCUT2D eigenvalue weighted by Crippen LogP contribution is 2.42. The minimum Gasteiger partial charge on any atom is -0.298 e. The van der Waals surface area contributed by atoms with Gasteiger partial charge in [-0.15, -0.1) is 0 Å². The maximum Gasteiger partial charge on any atom is 0.113 e. The van der Waals surface area contributed by atoms with Gasteiger partial charge < -0.3 is 0 Å². The summed E-state index contributed by atoms with van der Waals surface area (Å²) in [6.45, 7) is 3.70. The third-order valence-electron chi connectivity index (χ3n) is 6.38. The molecule has 5 rings (SSSR count). The van der Waals surface area contributed by atoms with Gasteiger partial charge in [0.15, 0.2) is 0 Å². The Bertz CT molecular complexity index is 921. The SMILES string of the molecule is C[C@@H]1CCCN1C1CC(c2ccc(-c3ccc4nn(C)nc4c3)cc2)C1. The lowest BCUT2D eigenvalue weighted by atomic mass is 9.74. The highest BCUT2D eigenvalue weighted by Gasteiger charge is 2.37. The first-order valence-corrected chi connectivity index (χ1v) is 9.84. The summed E-state index contributed by atoms with van der Waals surface area (Å²) in [6.07, 6.45) is 5.42. The molecule has 1 aliphatic carbocycles. The van der Waals surface area contributed by atoms with Gasteiger partial charge in [0, 0.05) is 19.1 Å². The quantitative estimate of drug-likeness (QED) is 0.706. The van der Waals surface area contributed by atoms with Crippen molar-refractivity contribution in [3.05, 3.63) is 48.0 Å². The molecule has 1 saturated heterocycles. The Morgan fingerprint density at radius 3 is 2.38 bits per heavy atom. The standard InChI is InChI=1S/C22H26N4/c1-15-4-3-11-26(15)20-12-19(13-20)17-7-5-16(6-8-17)18-9-10-21-22(14-18)24-25(2)23-21/h5-10,14-15,19-20H,3-4,11-13H2,1-2H3/t15-,19?,20?/m1/s1. The molecule has 0 amide bonds. The van der Waals surface area contributed by atoms with Gasteiger partial charge in [0.05, 0.1) is 0 Å². The number of aryl methyl sites for hydroxylation is 1. The number of benzene rings is 2. The minimum atomic E-state index is 0.740. The van der Waals surface area contributed by atoms with E-state index in [1.165, 1.54) is 48.9 Å². The number of fused-ring (bicyclic) bond motifs is 1. The van der Waals surface area contributed by atoms with Gasteiger partial charge in [-0.3, -0.25) is 4.90 Å². The number of aromatic nitrogens is 3. The second kappa shape index (κ2) is 6.20. The zero-order valence-corrected chi connectivity index (χ0v) is 15.6. The van der Waals surface area contributed by atoms with Crippen LogP contribution in [0.5, 0.6) is 0 Å². The van der Waals surface area contributed by atoms with Gasteiger partial charge in [-0.25, -0.2) is 0 Å². The van der Waals surface area contributed by atoms with Crippen LogP contribution in [0.1, 0.15) is 44.1 Å².